The smallest absolute Gasteiger partial charge is 0.255 e. The van der Waals surface area contributed by atoms with Gasteiger partial charge in [-0.05, 0) is 49.2 Å². The first-order valence-electron chi connectivity index (χ1n) is 8.66. The quantitative estimate of drug-likeness (QED) is 0.275. The second-order valence-corrected chi connectivity index (χ2v) is 6.16. The van der Waals surface area contributed by atoms with Crippen molar-refractivity contribution in [1.29, 1.82) is 0 Å². The number of hydrogen-bond acceptors (Lipinski definition) is 6. The lowest BCUT2D eigenvalue weighted by Gasteiger charge is -2.08. The van der Waals surface area contributed by atoms with Gasteiger partial charge in [0.05, 0.1) is 11.4 Å². The number of benzene rings is 2. The van der Waals surface area contributed by atoms with Crippen LogP contribution in [0.5, 0.6) is 0 Å². The maximum absolute atomic E-state index is 12.5. The maximum Gasteiger partial charge on any atom is 0.255 e. The molecule has 1 amide bonds. The van der Waals surface area contributed by atoms with Crippen molar-refractivity contribution in [2.75, 3.05) is 5.32 Å². The monoisotopic (exact) mass is 392 g/mol. The first-order chi connectivity index (χ1) is 13.8. The molecule has 2 aromatic rings. The summed E-state index contributed by atoms with van der Waals surface area (Å²) in [6, 6.07) is 14.3. The van der Waals surface area contributed by atoms with Crippen LogP contribution in [0, 0.1) is 0 Å². The van der Waals surface area contributed by atoms with Crippen LogP contribution in [0.3, 0.4) is 0 Å². The number of anilines is 1. The van der Waals surface area contributed by atoms with Gasteiger partial charge in [-0.15, -0.1) is 5.10 Å². The molecule has 0 atom stereocenters. The van der Waals surface area contributed by atoms with E-state index in [1.54, 1.807) is 49.4 Å². The maximum atomic E-state index is 12.5. The summed E-state index contributed by atoms with van der Waals surface area (Å²) in [4.78, 5) is 12.5. The van der Waals surface area contributed by atoms with Gasteiger partial charge in [0, 0.05) is 11.3 Å². The number of carbonyl (C=O) groups is 1. The van der Waals surface area contributed by atoms with Crippen molar-refractivity contribution in [2.24, 2.45) is 32.5 Å². The lowest BCUT2D eigenvalue weighted by Crippen LogP contribution is -2.22. The van der Waals surface area contributed by atoms with E-state index in [0.29, 0.717) is 22.7 Å². The predicted molar refractivity (Wildman–Crippen MR) is 118 cm³/mol. The molecule has 0 fully saturated rings. The summed E-state index contributed by atoms with van der Waals surface area (Å²) in [5, 5.41) is 14.5. The molecule has 0 aliphatic heterocycles. The standard InChI is InChI=1S/C20H24N8O/c1-12(25-27-14(3)21)15-7-9-16(10-8-15)19(29)24-18-6-4-5-17(11-18)13(2)26-28-20(22)23/h4-11,27H,3,21H2,1-2H3,(H,24,29)(H4,22,23,28)/b25-12+,26-13+. The zero-order valence-corrected chi connectivity index (χ0v) is 16.3. The highest BCUT2D eigenvalue weighted by atomic mass is 16.1. The third kappa shape index (κ3) is 6.51. The fourth-order valence-electron chi connectivity index (χ4n) is 2.30. The Labute approximate surface area is 169 Å². The molecule has 0 bridgehead atoms. The SMILES string of the molecule is C=C(N)N/N=C(\C)c1ccc(C(=O)Nc2cccc(/C(C)=N/N=C(N)N)c2)cc1. The van der Waals surface area contributed by atoms with E-state index < -0.39 is 0 Å². The molecular formula is C20H24N8O. The molecule has 9 heteroatoms. The molecule has 0 radical (unpaired) electrons. The first-order valence-corrected chi connectivity index (χ1v) is 8.66. The van der Waals surface area contributed by atoms with Gasteiger partial charge in [0.15, 0.2) is 0 Å². The summed E-state index contributed by atoms with van der Waals surface area (Å²) in [5.41, 5.74) is 22.7. The fourth-order valence-corrected chi connectivity index (χ4v) is 2.30. The number of hydrogen-bond donors (Lipinski definition) is 5. The molecule has 2 aromatic carbocycles. The lowest BCUT2D eigenvalue weighted by molar-refractivity contribution is 0.102. The molecule has 29 heavy (non-hydrogen) atoms. The highest BCUT2D eigenvalue weighted by Gasteiger charge is 2.08. The molecule has 2 rings (SSSR count). The van der Waals surface area contributed by atoms with Crippen molar-refractivity contribution in [3.8, 4) is 0 Å². The third-order valence-electron chi connectivity index (χ3n) is 3.79. The Morgan fingerprint density at radius 1 is 0.897 bits per heavy atom. The van der Waals surface area contributed by atoms with E-state index >= 15 is 0 Å². The number of hydrazone groups is 1. The molecule has 0 saturated heterocycles. The molecular weight excluding hydrogens is 368 g/mol. The Morgan fingerprint density at radius 3 is 2.17 bits per heavy atom. The van der Waals surface area contributed by atoms with E-state index in [1.165, 1.54) is 0 Å². The predicted octanol–water partition coefficient (Wildman–Crippen LogP) is 1.68. The molecule has 150 valence electrons. The van der Waals surface area contributed by atoms with Gasteiger partial charge < -0.3 is 22.5 Å². The van der Waals surface area contributed by atoms with E-state index in [9.17, 15) is 4.79 Å². The van der Waals surface area contributed by atoms with Crippen molar-refractivity contribution in [3.05, 3.63) is 77.6 Å². The van der Waals surface area contributed by atoms with Crippen LogP contribution in [0.25, 0.3) is 0 Å². The molecule has 0 saturated carbocycles. The minimum Gasteiger partial charge on any atom is -0.385 e. The summed E-state index contributed by atoms with van der Waals surface area (Å²) in [7, 11) is 0. The summed E-state index contributed by atoms with van der Waals surface area (Å²) in [5.74, 6) is -0.113. The van der Waals surface area contributed by atoms with Crippen LogP contribution in [-0.4, -0.2) is 23.3 Å². The largest absolute Gasteiger partial charge is 0.385 e. The van der Waals surface area contributed by atoms with Crippen LogP contribution >= 0.6 is 0 Å². The van der Waals surface area contributed by atoms with E-state index in [2.05, 4.69) is 32.6 Å². The van der Waals surface area contributed by atoms with Gasteiger partial charge in [0.2, 0.25) is 5.96 Å². The lowest BCUT2D eigenvalue weighted by atomic mass is 10.1. The summed E-state index contributed by atoms with van der Waals surface area (Å²) < 4.78 is 0. The minimum atomic E-state index is -0.240. The van der Waals surface area contributed by atoms with Crippen molar-refractivity contribution < 1.29 is 4.79 Å². The van der Waals surface area contributed by atoms with Crippen molar-refractivity contribution in [2.45, 2.75) is 13.8 Å². The van der Waals surface area contributed by atoms with Crippen molar-refractivity contribution >= 4 is 29.0 Å². The van der Waals surface area contributed by atoms with Gasteiger partial charge >= 0.3 is 0 Å². The fraction of sp³-hybridized carbons (Fsp3) is 0.100. The van der Waals surface area contributed by atoms with E-state index in [0.717, 1.165) is 11.1 Å². The number of amides is 1. The molecule has 8 N–H and O–H groups in total. The Kier molecular flexibility index (Phi) is 7.08. The van der Waals surface area contributed by atoms with Crippen LogP contribution in [0.2, 0.25) is 0 Å². The molecule has 0 aliphatic carbocycles. The Balaban J connectivity index is 2.12. The van der Waals surface area contributed by atoms with Gasteiger partial charge in [0.25, 0.3) is 5.91 Å². The minimum absolute atomic E-state index is 0.124. The van der Waals surface area contributed by atoms with Crippen molar-refractivity contribution in [3.63, 3.8) is 0 Å². The third-order valence-corrected chi connectivity index (χ3v) is 3.79. The van der Waals surface area contributed by atoms with E-state index in [-0.39, 0.29) is 17.7 Å². The Bertz CT molecular complexity index is 986. The summed E-state index contributed by atoms with van der Waals surface area (Å²) >= 11 is 0. The number of carbonyl (C=O) groups excluding carboxylic acids is 1. The van der Waals surface area contributed by atoms with Crippen LogP contribution < -0.4 is 27.9 Å². The number of rotatable bonds is 7. The molecule has 0 unspecified atom stereocenters. The van der Waals surface area contributed by atoms with Crippen LogP contribution in [-0.2, 0) is 0 Å². The van der Waals surface area contributed by atoms with Crippen molar-refractivity contribution in [1.82, 2.24) is 5.43 Å². The van der Waals surface area contributed by atoms with Crippen LogP contribution in [0.15, 0.2) is 76.2 Å². The number of nitrogens with one attached hydrogen (secondary N) is 2. The normalized spacial score (nSPS) is 11.5. The molecule has 0 spiro atoms. The average Bonchev–Trinajstić information content (AvgIpc) is 2.70. The van der Waals surface area contributed by atoms with E-state index in [1.807, 2.05) is 13.0 Å². The van der Waals surface area contributed by atoms with Crippen LogP contribution in [0.1, 0.15) is 35.3 Å². The molecule has 9 nitrogen and oxygen atoms in total. The van der Waals surface area contributed by atoms with Gasteiger partial charge in [-0.3, -0.25) is 10.2 Å². The van der Waals surface area contributed by atoms with Gasteiger partial charge in [-0.25, -0.2) is 0 Å². The highest BCUT2D eigenvalue weighted by Crippen LogP contribution is 2.14. The van der Waals surface area contributed by atoms with Gasteiger partial charge in [0.1, 0.15) is 5.82 Å². The van der Waals surface area contributed by atoms with Gasteiger partial charge in [-0.1, -0.05) is 30.8 Å². The zero-order valence-electron chi connectivity index (χ0n) is 16.3. The topological polar surface area (TPSA) is 156 Å². The Morgan fingerprint density at radius 2 is 1.55 bits per heavy atom. The number of guanidine groups is 1. The average molecular weight is 392 g/mol. The molecule has 0 heterocycles. The Hall–Kier alpha value is -4.14. The van der Waals surface area contributed by atoms with E-state index in [4.69, 9.17) is 17.2 Å². The highest BCUT2D eigenvalue weighted by molar-refractivity contribution is 6.06. The molecule has 0 aromatic heterocycles. The second-order valence-electron chi connectivity index (χ2n) is 6.16. The number of nitrogens with two attached hydrogens (primary N) is 3. The molecule has 0 aliphatic rings. The summed E-state index contributed by atoms with van der Waals surface area (Å²) in [6.07, 6.45) is 0. The zero-order chi connectivity index (χ0) is 21.4. The second kappa shape index (κ2) is 9.70. The summed E-state index contributed by atoms with van der Waals surface area (Å²) in [6.45, 7) is 7.11. The van der Waals surface area contributed by atoms with Crippen LogP contribution in [0.4, 0.5) is 5.69 Å². The number of nitrogens with zero attached hydrogens (tertiary/aromatic N) is 3. The first kappa shape index (κ1) is 21.2. The van der Waals surface area contributed by atoms with Gasteiger partial charge in [-0.2, -0.15) is 10.2 Å².